The van der Waals surface area contributed by atoms with Crippen LogP contribution in [-0.2, 0) is 16.0 Å². The molecule has 1 saturated carbocycles. The number of hydrogen-bond acceptors (Lipinski definition) is 3. The number of methoxy groups -OCH3 is 1. The summed E-state index contributed by atoms with van der Waals surface area (Å²) in [6.07, 6.45) is 3.35. The third-order valence-corrected chi connectivity index (χ3v) is 3.98. The fourth-order valence-corrected chi connectivity index (χ4v) is 2.84. The van der Waals surface area contributed by atoms with Crippen molar-refractivity contribution in [3.8, 4) is 0 Å². The van der Waals surface area contributed by atoms with Gasteiger partial charge < -0.3 is 15.4 Å². The summed E-state index contributed by atoms with van der Waals surface area (Å²) in [6, 6.07) is 7.30. The van der Waals surface area contributed by atoms with Crippen LogP contribution in [0.5, 0.6) is 0 Å². The predicted molar refractivity (Wildman–Crippen MR) is 81.1 cm³/mol. The van der Waals surface area contributed by atoms with E-state index in [1.54, 1.807) is 0 Å². The number of benzene rings is 1. The van der Waals surface area contributed by atoms with Crippen molar-refractivity contribution >= 4 is 17.7 Å². The standard InChI is InChI=1S/C16H22N2O3/c1-3-11-7-4-5-9-13(11)17-16(20)18-14-10-6-8-12(14)15(19)21-2/h4-5,7,9,12,14H,3,6,8,10H2,1-2H3,(H2,17,18,20)/t12-,14-/m1/s1. The van der Waals surface area contributed by atoms with Crippen molar-refractivity contribution in [1.29, 1.82) is 0 Å². The minimum Gasteiger partial charge on any atom is -0.469 e. The van der Waals surface area contributed by atoms with Gasteiger partial charge in [-0.25, -0.2) is 4.79 Å². The molecule has 21 heavy (non-hydrogen) atoms. The van der Waals surface area contributed by atoms with E-state index >= 15 is 0 Å². The van der Waals surface area contributed by atoms with Crippen molar-refractivity contribution in [2.45, 2.75) is 38.6 Å². The van der Waals surface area contributed by atoms with Gasteiger partial charge in [0.1, 0.15) is 0 Å². The molecular formula is C16H22N2O3. The second-order valence-electron chi connectivity index (χ2n) is 5.28. The highest BCUT2D eigenvalue weighted by Gasteiger charge is 2.34. The topological polar surface area (TPSA) is 67.4 Å². The lowest BCUT2D eigenvalue weighted by molar-refractivity contribution is -0.145. The largest absolute Gasteiger partial charge is 0.469 e. The molecule has 0 unspecified atom stereocenters. The van der Waals surface area contributed by atoms with Crippen LogP contribution >= 0.6 is 0 Å². The quantitative estimate of drug-likeness (QED) is 0.838. The molecule has 1 aromatic rings. The number of ether oxygens (including phenoxy) is 1. The molecule has 0 aromatic heterocycles. The smallest absolute Gasteiger partial charge is 0.319 e. The number of hydrogen-bond donors (Lipinski definition) is 2. The first-order chi connectivity index (χ1) is 10.2. The number of esters is 1. The average molecular weight is 290 g/mol. The van der Waals surface area contributed by atoms with E-state index < -0.39 is 0 Å². The van der Waals surface area contributed by atoms with E-state index in [4.69, 9.17) is 4.74 Å². The first-order valence-corrected chi connectivity index (χ1v) is 7.39. The second kappa shape index (κ2) is 7.11. The molecule has 2 atom stereocenters. The van der Waals surface area contributed by atoms with Crippen LogP contribution in [-0.4, -0.2) is 25.2 Å². The Morgan fingerprint density at radius 2 is 2.05 bits per heavy atom. The van der Waals surface area contributed by atoms with E-state index in [0.29, 0.717) is 0 Å². The predicted octanol–water partition coefficient (Wildman–Crippen LogP) is 2.71. The Bertz CT molecular complexity index is 516. The van der Waals surface area contributed by atoms with Crippen LogP contribution in [0, 0.1) is 5.92 Å². The van der Waals surface area contributed by atoms with Crippen LogP contribution in [0.1, 0.15) is 31.7 Å². The molecule has 0 saturated heterocycles. The Morgan fingerprint density at radius 1 is 1.29 bits per heavy atom. The minimum absolute atomic E-state index is 0.147. The molecule has 0 aliphatic heterocycles. The molecule has 2 amide bonds. The first kappa shape index (κ1) is 15.4. The fraction of sp³-hybridized carbons (Fsp3) is 0.500. The van der Waals surface area contributed by atoms with Crippen LogP contribution in [0.4, 0.5) is 10.5 Å². The highest BCUT2D eigenvalue weighted by molar-refractivity contribution is 5.90. The molecule has 1 aromatic carbocycles. The molecule has 5 nitrogen and oxygen atoms in total. The lowest BCUT2D eigenvalue weighted by Gasteiger charge is -2.19. The second-order valence-corrected chi connectivity index (χ2v) is 5.28. The SMILES string of the molecule is CCc1ccccc1NC(=O)N[C@@H]1CCC[C@H]1C(=O)OC. The number of carbonyl (C=O) groups is 2. The van der Waals surface area contributed by atoms with Gasteiger partial charge in [-0.1, -0.05) is 31.5 Å². The Hall–Kier alpha value is -2.04. The molecule has 1 aliphatic rings. The summed E-state index contributed by atoms with van der Waals surface area (Å²) >= 11 is 0. The summed E-state index contributed by atoms with van der Waals surface area (Å²) in [7, 11) is 1.38. The van der Waals surface area contributed by atoms with Gasteiger partial charge in [0.15, 0.2) is 0 Å². The van der Waals surface area contributed by atoms with Crippen LogP contribution in [0.3, 0.4) is 0 Å². The summed E-state index contributed by atoms with van der Waals surface area (Å²) in [5, 5.41) is 5.76. The van der Waals surface area contributed by atoms with Gasteiger partial charge in [0, 0.05) is 11.7 Å². The summed E-state index contributed by atoms with van der Waals surface area (Å²) in [5.41, 5.74) is 1.90. The Balaban J connectivity index is 1.97. The van der Waals surface area contributed by atoms with Gasteiger partial charge in [-0.15, -0.1) is 0 Å². The van der Waals surface area contributed by atoms with E-state index in [1.165, 1.54) is 7.11 Å². The number of carbonyl (C=O) groups excluding carboxylic acids is 2. The molecule has 0 spiro atoms. The average Bonchev–Trinajstić information content (AvgIpc) is 2.95. The molecule has 1 fully saturated rings. The van der Waals surface area contributed by atoms with Crippen molar-refractivity contribution in [2.75, 3.05) is 12.4 Å². The highest BCUT2D eigenvalue weighted by Crippen LogP contribution is 2.27. The Morgan fingerprint density at radius 3 is 2.76 bits per heavy atom. The molecule has 114 valence electrons. The van der Waals surface area contributed by atoms with Gasteiger partial charge in [-0.2, -0.15) is 0 Å². The zero-order valence-corrected chi connectivity index (χ0v) is 12.5. The molecule has 0 heterocycles. The number of nitrogens with one attached hydrogen (secondary N) is 2. The highest BCUT2D eigenvalue weighted by atomic mass is 16.5. The number of para-hydroxylation sites is 1. The van der Waals surface area contributed by atoms with Crippen LogP contribution in [0.15, 0.2) is 24.3 Å². The number of amides is 2. The summed E-state index contributed by atoms with van der Waals surface area (Å²) in [5.74, 6) is -0.478. The molecule has 5 heteroatoms. The maximum absolute atomic E-state index is 12.1. The zero-order chi connectivity index (χ0) is 15.2. The minimum atomic E-state index is -0.267. The number of urea groups is 1. The van der Waals surface area contributed by atoms with Gasteiger partial charge in [-0.05, 0) is 30.9 Å². The zero-order valence-electron chi connectivity index (χ0n) is 12.5. The number of aryl methyl sites for hydroxylation is 1. The summed E-state index contributed by atoms with van der Waals surface area (Å²) < 4.78 is 4.79. The Kier molecular flexibility index (Phi) is 5.20. The Labute approximate surface area is 125 Å². The number of rotatable bonds is 4. The van der Waals surface area contributed by atoms with E-state index in [1.807, 2.05) is 31.2 Å². The van der Waals surface area contributed by atoms with Gasteiger partial charge >= 0.3 is 12.0 Å². The van der Waals surface area contributed by atoms with Crippen molar-refractivity contribution in [1.82, 2.24) is 5.32 Å². The van der Waals surface area contributed by atoms with Crippen LogP contribution in [0.25, 0.3) is 0 Å². The van der Waals surface area contributed by atoms with Gasteiger partial charge in [0.05, 0.1) is 13.0 Å². The van der Waals surface area contributed by atoms with Gasteiger partial charge in [0.2, 0.25) is 0 Å². The summed E-state index contributed by atoms with van der Waals surface area (Å²) in [4.78, 5) is 23.8. The van der Waals surface area contributed by atoms with Crippen molar-refractivity contribution < 1.29 is 14.3 Å². The molecule has 0 bridgehead atoms. The molecule has 2 N–H and O–H groups in total. The van der Waals surface area contributed by atoms with Crippen LogP contribution in [0.2, 0.25) is 0 Å². The molecule has 0 radical (unpaired) electrons. The van der Waals surface area contributed by atoms with Gasteiger partial charge in [0.25, 0.3) is 0 Å². The lowest BCUT2D eigenvalue weighted by atomic mass is 10.0. The van der Waals surface area contributed by atoms with E-state index in [0.717, 1.165) is 36.9 Å². The van der Waals surface area contributed by atoms with Crippen LogP contribution < -0.4 is 10.6 Å². The maximum Gasteiger partial charge on any atom is 0.319 e. The summed E-state index contributed by atoms with van der Waals surface area (Å²) in [6.45, 7) is 2.04. The van der Waals surface area contributed by atoms with E-state index in [-0.39, 0.29) is 24.0 Å². The molecule has 2 rings (SSSR count). The molecule has 1 aliphatic carbocycles. The molecular weight excluding hydrogens is 268 g/mol. The van der Waals surface area contributed by atoms with E-state index in [9.17, 15) is 9.59 Å². The van der Waals surface area contributed by atoms with Crippen molar-refractivity contribution in [3.63, 3.8) is 0 Å². The first-order valence-electron chi connectivity index (χ1n) is 7.39. The normalized spacial score (nSPS) is 20.9. The van der Waals surface area contributed by atoms with Crippen molar-refractivity contribution in [2.24, 2.45) is 5.92 Å². The van der Waals surface area contributed by atoms with Crippen molar-refractivity contribution in [3.05, 3.63) is 29.8 Å². The maximum atomic E-state index is 12.1. The fourth-order valence-electron chi connectivity index (χ4n) is 2.84. The third-order valence-electron chi connectivity index (χ3n) is 3.98. The van der Waals surface area contributed by atoms with Gasteiger partial charge in [-0.3, -0.25) is 4.79 Å². The monoisotopic (exact) mass is 290 g/mol. The number of anilines is 1. The van der Waals surface area contributed by atoms with E-state index in [2.05, 4.69) is 10.6 Å². The lowest BCUT2D eigenvalue weighted by Crippen LogP contribution is -2.42. The third kappa shape index (κ3) is 3.74.